The molecule has 0 atom stereocenters. The summed E-state index contributed by atoms with van der Waals surface area (Å²) in [5, 5.41) is 6.98. The molecule has 0 aliphatic heterocycles. The second-order valence-corrected chi connectivity index (χ2v) is 5.00. The fraction of sp³-hybridized carbons (Fsp3) is 0.0667. The Balaban J connectivity index is 1.84. The summed E-state index contributed by atoms with van der Waals surface area (Å²) in [7, 11) is 1.29. The van der Waals surface area contributed by atoms with E-state index in [1.54, 1.807) is 30.3 Å². The number of carbonyl (C=O) groups is 2. The minimum absolute atomic E-state index is 0.184. The second-order valence-electron chi connectivity index (χ2n) is 4.61. The maximum atomic E-state index is 12.3. The van der Waals surface area contributed by atoms with Crippen LogP contribution in [0, 0.1) is 0 Å². The molecule has 3 rings (SSSR count). The predicted octanol–water partition coefficient (Wildman–Crippen LogP) is 2.42. The number of hydrogen-bond acceptors (Lipinski definition) is 5. The lowest BCUT2D eigenvalue weighted by atomic mass is 10.2. The van der Waals surface area contributed by atoms with E-state index in [1.807, 2.05) is 0 Å². The first-order chi connectivity index (χ1) is 11.1. The number of esters is 1. The summed E-state index contributed by atoms with van der Waals surface area (Å²) in [6, 6.07) is 9.67. The molecule has 0 radical (unpaired) electrons. The first-order valence-electron chi connectivity index (χ1n) is 6.58. The normalized spacial score (nSPS) is 10.5. The number of hydrogen-bond donors (Lipinski definition) is 1. The first kappa shape index (κ1) is 15.0. The molecule has 2 aromatic heterocycles. The molecule has 7 nitrogen and oxygen atoms in total. The largest absolute Gasteiger partial charge is 0.465 e. The van der Waals surface area contributed by atoms with Gasteiger partial charge in [-0.05, 0) is 30.3 Å². The molecule has 116 valence electrons. The molecular formula is C15H11ClN4O3. The number of nitrogens with zero attached hydrogens (tertiary/aromatic N) is 3. The molecule has 0 aliphatic rings. The molecular weight excluding hydrogens is 320 g/mol. The standard InChI is InChI=1S/C15H11ClN4O3/c1-23-15(22)9-3-2-4-10(7-9)17-14(21)11-8-20-13(18-11)6-5-12(16)19-20/h2-8H,1H3,(H,17,21). The third-order valence-corrected chi connectivity index (χ3v) is 3.26. The lowest BCUT2D eigenvalue weighted by Gasteiger charge is -2.05. The zero-order valence-corrected chi connectivity index (χ0v) is 12.7. The highest BCUT2D eigenvalue weighted by Crippen LogP contribution is 2.14. The predicted molar refractivity (Wildman–Crippen MR) is 83.7 cm³/mol. The summed E-state index contributed by atoms with van der Waals surface area (Å²) in [4.78, 5) is 27.9. The fourth-order valence-electron chi connectivity index (χ4n) is 2.01. The third kappa shape index (κ3) is 3.14. The molecule has 0 unspecified atom stereocenters. The van der Waals surface area contributed by atoms with Crippen molar-refractivity contribution in [2.45, 2.75) is 0 Å². The SMILES string of the molecule is COC(=O)c1cccc(NC(=O)c2cn3nc(Cl)ccc3n2)c1. The van der Waals surface area contributed by atoms with Crippen molar-refractivity contribution in [1.82, 2.24) is 14.6 Å². The number of carbonyl (C=O) groups excluding carboxylic acids is 2. The quantitative estimate of drug-likeness (QED) is 0.745. The van der Waals surface area contributed by atoms with Crippen LogP contribution in [0.5, 0.6) is 0 Å². The first-order valence-corrected chi connectivity index (χ1v) is 6.96. The highest BCUT2D eigenvalue weighted by atomic mass is 35.5. The minimum atomic E-state index is -0.479. The summed E-state index contributed by atoms with van der Waals surface area (Å²) in [5.41, 5.74) is 1.49. The van der Waals surface area contributed by atoms with Gasteiger partial charge in [0.2, 0.25) is 0 Å². The van der Waals surface area contributed by atoms with E-state index in [0.29, 0.717) is 22.1 Å². The Morgan fingerprint density at radius 2 is 2.09 bits per heavy atom. The van der Waals surface area contributed by atoms with Gasteiger partial charge in [0.15, 0.2) is 5.65 Å². The van der Waals surface area contributed by atoms with Gasteiger partial charge in [0.1, 0.15) is 10.8 Å². The molecule has 0 fully saturated rings. The van der Waals surface area contributed by atoms with Gasteiger partial charge in [-0.25, -0.2) is 14.3 Å². The molecule has 1 amide bonds. The van der Waals surface area contributed by atoms with Crippen LogP contribution in [-0.4, -0.2) is 33.6 Å². The Kier molecular flexibility index (Phi) is 3.94. The average molecular weight is 331 g/mol. The van der Waals surface area contributed by atoms with Gasteiger partial charge < -0.3 is 10.1 Å². The van der Waals surface area contributed by atoms with Crippen molar-refractivity contribution in [1.29, 1.82) is 0 Å². The number of methoxy groups -OCH3 is 1. The highest BCUT2D eigenvalue weighted by Gasteiger charge is 2.13. The average Bonchev–Trinajstić information content (AvgIpc) is 2.97. The maximum absolute atomic E-state index is 12.3. The summed E-state index contributed by atoms with van der Waals surface area (Å²) in [5.74, 6) is -0.902. The summed E-state index contributed by atoms with van der Waals surface area (Å²) < 4.78 is 6.06. The molecule has 0 saturated carbocycles. The van der Waals surface area contributed by atoms with Crippen LogP contribution in [-0.2, 0) is 4.74 Å². The molecule has 0 saturated heterocycles. The van der Waals surface area contributed by atoms with Crippen LogP contribution in [0.1, 0.15) is 20.8 Å². The molecule has 8 heteroatoms. The number of fused-ring (bicyclic) bond motifs is 1. The summed E-state index contributed by atoms with van der Waals surface area (Å²) >= 11 is 5.79. The van der Waals surface area contributed by atoms with Gasteiger partial charge in [0, 0.05) is 5.69 Å². The Bertz CT molecular complexity index is 907. The van der Waals surface area contributed by atoms with Crippen LogP contribution in [0.4, 0.5) is 5.69 Å². The van der Waals surface area contributed by atoms with E-state index in [4.69, 9.17) is 11.6 Å². The summed E-state index contributed by atoms with van der Waals surface area (Å²) in [6.45, 7) is 0. The Morgan fingerprint density at radius 1 is 1.26 bits per heavy atom. The van der Waals surface area contributed by atoms with Gasteiger partial charge in [0.05, 0.1) is 18.9 Å². The van der Waals surface area contributed by atoms with Crippen molar-refractivity contribution in [2.24, 2.45) is 0 Å². The number of benzene rings is 1. The van der Waals surface area contributed by atoms with Crippen LogP contribution in [0.3, 0.4) is 0 Å². The number of anilines is 1. The van der Waals surface area contributed by atoms with Gasteiger partial charge >= 0.3 is 5.97 Å². The van der Waals surface area contributed by atoms with Crippen LogP contribution in [0.15, 0.2) is 42.6 Å². The van der Waals surface area contributed by atoms with Crippen molar-refractivity contribution in [3.63, 3.8) is 0 Å². The van der Waals surface area contributed by atoms with E-state index in [2.05, 4.69) is 20.1 Å². The lowest BCUT2D eigenvalue weighted by molar-refractivity contribution is 0.0600. The van der Waals surface area contributed by atoms with Crippen molar-refractivity contribution in [2.75, 3.05) is 12.4 Å². The molecule has 0 spiro atoms. The molecule has 1 aromatic carbocycles. The van der Waals surface area contributed by atoms with Crippen LogP contribution < -0.4 is 5.32 Å². The van der Waals surface area contributed by atoms with Crippen molar-refractivity contribution in [3.05, 3.63) is 59.0 Å². The van der Waals surface area contributed by atoms with Crippen molar-refractivity contribution in [3.8, 4) is 0 Å². The third-order valence-electron chi connectivity index (χ3n) is 3.06. The topological polar surface area (TPSA) is 85.6 Å². The molecule has 23 heavy (non-hydrogen) atoms. The number of imidazole rings is 1. The fourth-order valence-corrected chi connectivity index (χ4v) is 2.15. The van der Waals surface area contributed by atoms with E-state index in [1.165, 1.54) is 23.9 Å². The Hall–Kier alpha value is -2.93. The van der Waals surface area contributed by atoms with Crippen LogP contribution >= 0.6 is 11.6 Å². The number of amides is 1. The van der Waals surface area contributed by atoms with E-state index >= 15 is 0 Å². The van der Waals surface area contributed by atoms with Gasteiger partial charge in [-0.1, -0.05) is 17.7 Å². The number of nitrogens with one attached hydrogen (secondary N) is 1. The minimum Gasteiger partial charge on any atom is -0.465 e. The van der Waals surface area contributed by atoms with Gasteiger partial charge in [-0.2, -0.15) is 5.10 Å². The number of ether oxygens (including phenoxy) is 1. The van der Waals surface area contributed by atoms with Gasteiger partial charge in [-0.3, -0.25) is 4.79 Å². The zero-order chi connectivity index (χ0) is 16.4. The van der Waals surface area contributed by atoms with Gasteiger partial charge in [0.25, 0.3) is 5.91 Å². The number of rotatable bonds is 3. The monoisotopic (exact) mass is 330 g/mol. The van der Waals surface area contributed by atoms with E-state index in [0.717, 1.165) is 0 Å². The zero-order valence-electron chi connectivity index (χ0n) is 12.0. The molecule has 3 aromatic rings. The Labute approximate surface area is 135 Å². The lowest BCUT2D eigenvalue weighted by Crippen LogP contribution is -2.13. The Morgan fingerprint density at radius 3 is 2.87 bits per heavy atom. The molecule has 1 N–H and O–H groups in total. The van der Waals surface area contributed by atoms with E-state index in [-0.39, 0.29) is 5.69 Å². The van der Waals surface area contributed by atoms with Crippen LogP contribution in [0.2, 0.25) is 5.15 Å². The van der Waals surface area contributed by atoms with Crippen molar-refractivity contribution < 1.29 is 14.3 Å². The smallest absolute Gasteiger partial charge is 0.337 e. The van der Waals surface area contributed by atoms with Gasteiger partial charge in [-0.15, -0.1) is 0 Å². The van der Waals surface area contributed by atoms with Crippen molar-refractivity contribution >= 4 is 34.8 Å². The molecule has 0 bridgehead atoms. The summed E-state index contributed by atoms with van der Waals surface area (Å²) in [6.07, 6.45) is 1.47. The number of aromatic nitrogens is 3. The maximum Gasteiger partial charge on any atom is 0.337 e. The van der Waals surface area contributed by atoms with E-state index in [9.17, 15) is 9.59 Å². The van der Waals surface area contributed by atoms with E-state index < -0.39 is 11.9 Å². The second kappa shape index (κ2) is 6.05. The molecule has 0 aliphatic carbocycles. The van der Waals surface area contributed by atoms with Crippen LogP contribution in [0.25, 0.3) is 5.65 Å². The number of halogens is 1. The molecule has 2 heterocycles. The highest BCUT2D eigenvalue weighted by molar-refractivity contribution is 6.29.